The summed E-state index contributed by atoms with van der Waals surface area (Å²) >= 11 is 1.53. The van der Waals surface area contributed by atoms with Gasteiger partial charge in [0.05, 0.1) is 0 Å². The molecule has 19 nitrogen and oxygen atoms in total. The van der Waals surface area contributed by atoms with Gasteiger partial charge in [-0.1, -0.05) is 50.6 Å². The highest BCUT2D eigenvalue weighted by atomic mass is 32.2. The largest absolute Gasteiger partial charge is 0.368 e. The van der Waals surface area contributed by atoms with Crippen LogP contribution in [0.4, 0.5) is 0 Å². The number of primary amides is 1. The Morgan fingerprint density at radius 1 is 0.585 bits per heavy atom. The maximum absolute atomic E-state index is 13.7. The van der Waals surface area contributed by atoms with Crippen molar-refractivity contribution in [2.24, 2.45) is 28.9 Å². The van der Waals surface area contributed by atoms with Crippen LogP contribution < -0.4 is 60.2 Å². The molecule has 1 rings (SSSR count). The normalized spacial score (nSPS) is 13.8. The van der Waals surface area contributed by atoms with Crippen molar-refractivity contribution in [2.45, 2.75) is 153 Å². The second-order valence-electron chi connectivity index (χ2n) is 16.7. The zero-order valence-electron chi connectivity index (χ0n) is 38.8. The van der Waals surface area contributed by atoms with Crippen LogP contribution in [-0.4, -0.2) is 122 Å². The summed E-state index contributed by atoms with van der Waals surface area (Å²) < 4.78 is 0. The molecule has 0 spiro atoms. The Morgan fingerprint density at radius 2 is 1.09 bits per heavy atom. The number of amides is 8. The van der Waals surface area contributed by atoms with Gasteiger partial charge in [-0.25, -0.2) is 0 Å². The van der Waals surface area contributed by atoms with E-state index < -0.39 is 71.7 Å². The van der Waals surface area contributed by atoms with Crippen LogP contribution in [0.15, 0.2) is 30.3 Å². The molecule has 0 saturated carbocycles. The molecule has 0 aliphatic rings. The van der Waals surface area contributed by atoms with E-state index in [1.807, 2.05) is 50.4 Å². The van der Waals surface area contributed by atoms with Crippen LogP contribution in [0, 0.1) is 5.92 Å². The van der Waals surface area contributed by atoms with Gasteiger partial charge in [0.1, 0.15) is 36.3 Å². The Bertz CT molecular complexity index is 1580. The highest BCUT2D eigenvalue weighted by Gasteiger charge is 2.31. The highest BCUT2D eigenvalue weighted by molar-refractivity contribution is 7.98. The number of hydrogen-bond donors (Lipinski definition) is 11. The van der Waals surface area contributed by atoms with Gasteiger partial charge >= 0.3 is 0 Å². The smallest absolute Gasteiger partial charge is 0.243 e. The first-order valence-electron chi connectivity index (χ1n) is 23.1. The van der Waals surface area contributed by atoms with Crippen LogP contribution in [0.1, 0.15) is 116 Å². The fourth-order valence-electron chi connectivity index (χ4n) is 6.95. The number of carbonyl (C=O) groups is 8. The topological polar surface area (TPSA) is 325 Å². The van der Waals surface area contributed by atoms with Gasteiger partial charge in [0.15, 0.2) is 0 Å². The summed E-state index contributed by atoms with van der Waals surface area (Å²) in [5, 5.41) is 19.3. The second kappa shape index (κ2) is 35.5. The van der Waals surface area contributed by atoms with Crippen LogP contribution in [0.3, 0.4) is 0 Å². The molecule has 0 aliphatic heterocycles. The Kier molecular flexibility index (Phi) is 31.8. The lowest BCUT2D eigenvalue weighted by Crippen LogP contribution is -2.57. The van der Waals surface area contributed by atoms with Gasteiger partial charge in [-0.15, -0.1) is 0 Å². The Morgan fingerprint density at radius 3 is 1.63 bits per heavy atom. The van der Waals surface area contributed by atoms with E-state index in [2.05, 4.69) is 37.2 Å². The molecule has 20 heteroatoms. The van der Waals surface area contributed by atoms with E-state index >= 15 is 0 Å². The van der Waals surface area contributed by atoms with Crippen LogP contribution in [0.2, 0.25) is 0 Å². The Hall–Kier alpha value is -4.79. The quantitative estimate of drug-likeness (QED) is 0.0311. The summed E-state index contributed by atoms with van der Waals surface area (Å²) in [5.41, 5.74) is 23.3. The summed E-state index contributed by atoms with van der Waals surface area (Å²) in [4.78, 5) is 104. The van der Waals surface area contributed by atoms with Crippen molar-refractivity contribution in [1.29, 1.82) is 0 Å². The van der Waals surface area contributed by atoms with E-state index in [9.17, 15) is 38.4 Å². The number of nitrogens with two attached hydrogens (primary N) is 4. The van der Waals surface area contributed by atoms with Gasteiger partial charge in [0, 0.05) is 19.4 Å². The minimum atomic E-state index is -0.989. The van der Waals surface area contributed by atoms with Crippen molar-refractivity contribution in [2.75, 3.05) is 38.2 Å². The Labute approximate surface area is 389 Å². The van der Waals surface area contributed by atoms with E-state index in [0.717, 1.165) is 5.56 Å². The highest BCUT2D eigenvalue weighted by Crippen LogP contribution is 2.12. The maximum Gasteiger partial charge on any atom is 0.243 e. The molecule has 0 unspecified atom stereocenters. The third kappa shape index (κ3) is 26.1. The van der Waals surface area contributed by atoms with Crippen molar-refractivity contribution in [3.63, 3.8) is 0 Å². The molecule has 1 aromatic rings. The minimum absolute atomic E-state index is 0.0281. The van der Waals surface area contributed by atoms with Crippen LogP contribution in [0.25, 0.3) is 0 Å². The molecule has 0 aromatic heterocycles. The van der Waals surface area contributed by atoms with Gasteiger partial charge in [-0.3, -0.25) is 38.4 Å². The molecular weight excluding hydrogens is 855 g/mol. The molecule has 15 N–H and O–H groups in total. The molecule has 65 heavy (non-hydrogen) atoms. The van der Waals surface area contributed by atoms with E-state index in [1.54, 1.807) is 0 Å². The number of rotatable bonds is 38. The molecule has 0 aliphatic carbocycles. The molecule has 0 radical (unpaired) electrons. The second-order valence-corrected chi connectivity index (χ2v) is 17.6. The number of thioether (sulfide) groups is 1. The molecular formula is C45H79N11O8S. The van der Waals surface area contributed by atoms with Crippen LogP contribution in [0.5, 0.6) is 0 Å². The molecule has 1 aromatic carbocycles. The fourth-order valence-corrected chi connectivity index (χ4v) is 7.42. The molecule has 6 atom stereocenters. The average molecular weight is 934 g/mol. The zero-order valence-corrected chi connectivity index (χ0v) is 39.7. The predicted molar refractivity (Wildman–Crippen MR) is 255 cm³/mol. The van der Waals surface area contributed by atoms with Gasteiger partial charge in [-0.05, 0) is 127 Å². The molecule has 0 saturated heterocycles. The summed E-state index contributed by atoms with van der Waals surface area (Å²) in [7, 11) is 0. The first-order valence-corrected chi connectivity index (χ1v) is 24.5. The van der Waals surface area contributed by atoms with E-state index in [0.29, 0.717) is 115 Å². The summed E-state index contributed by atoms with van der Waals surface area (Å²) in [6.07, 6.45) is 9.34. The summed E-state index contributed by atoms with van der Waals surface area (Å²) in [5.74, 6) is -2.90. The SMILES string of the molecule is CSCC[C@H](NC=O)C(=O)N[C@@H](CC(C)C)C(=O)N[C@@H](Cc1ccccc1)C(=O)NCCCCCC(=O)N[C@@H](CCCCN)C(=O)N[C@@H](CCCCN)C(=O)N[C@@H](CCCCN)C(N)=O. The number of hydrogen-bond acceptors (Lipinski definition) is 12. The maximum atomic E-state index is 13.7. The minimum Gasteiger partial charge on any atom is -0.368 e. The number of unbranched alkanes of at least 4 members (excludes halogenated alkanes) is 5. The molecule has 0 bridgehead atoms. The van der Waals surface area contributed by atoms with Crippen molar-refractivity contribution < 1.29 is 38.4 Å². The standard InChI is InChI=1S/C45H79N11O8S/c1-31(2)28-37(55-42(61)34(51-30-57)22-27-65-3)45(64)56-38(29-32-16-6-4-7-17-32)41(60)50-26-15-5-8-21-39(58)52-35(19-10-13-24-47)43(62)54-36(20-11-14-25-48)44(63)53-33(40(49)59)18-9-12-23-46/h4,6-7,16-17,30-31,33-38H,5,8-15,18-29,46-48H2,1-3H3,(H2,49,59)(H,50,60)(H,51,57)(H,52,58)(H,53,63)(H,54,62)(H,55,61)(H,56,64)/t33-,34-,35-,36-,37-,38-/m0/s1. The lowest BCUT2D eigenvalue weighted by Gasteiger charge is -2.26. The first-order chi connectivity index (χ1) is 31.2. The first kappa shape index (κ1) is 58.2. The van der Waals surface area contributed by atoms with E-state index in [1.165, 1.54) is 11.8 Å². The number of nitrogens with one attached hydrogen (secondary N) is 7. The van der Waals surface area contributed by atoms with Gasteiger partial charge < -0.3 is 60.2 Å². The van der Waals surface area contributed by atoms with Crippen molar-refractivity contribution in [3.8, 4) is 0 Å². The van der Waals surface area contributed by atoms with E-state index in [-0.39, 0.29) is 37.6 Å². The zero-order chi connectivity index (χ0) is 48.4. The lowest BCUT2D eigenvalue weighted by molar-refractivity contribution is -0.133. The monoisotopic (exact) mass is 934 g/mol. The third-order valence-corrected chi connectivity index (χ3v) is 11.3. The third-order valence-electron chi connectivity index (χ3n) is 10.6. The number of carbonyl (C=O) groups excluding carboxylic acids is 8. The Balaban J connectivity index is 2.92. The fraction of sp³-hybridized carbons (Fsp3) is 0.689. The van der Waals surface area contributed by atoms with Crippen molar-refractivity contribution >= 4 is 59.5 Å². The van der Waals surface area contributed by atoms with Gasteiger partial charge in [-0.2, -0.15) is 11.8 Å². The van der Waals surface area contributed by atoms with Crippen molar-refractivity contribution in [1.82, 2.24) is 37.2 Å². The van der Waals surface area contributed by atoms with Crippen molar-refractivity contribution in [3.05, 3.63) is 35.9 Å². The van der Waals surface area contributed by atoms with Crippen LogP contribution in [-0.2, 0) is 44.8 Å². The molecule has 368 valence electrons. The predicted octanol–water partition coefficient (Wildman–Crippen LogP) is 0.116. The molecule has 0 heterocycles. The summed E-state index contributed by atoms with van der Waals surface area (Å²) in [6, 6.07) is 3.66. The number of benzene rings is 1. The van der Waals surface area contributed by atoms with E-state index in [4.69, 9.17) is 22.9 Å². The molecule has 8 amide bonds. The summed E-state index contributed by atoms with van der Waals surface area (Å²) in [6.45, 7) is 5.33. The molecule has 0 fully saturated rings. The van der Waals surface area contributed by atoms with Gasteiger partial charge in [0.2, 0.25) is 47.8 Å². The van der Waals surface area contributed by atoms with Gasteiger partial charge in [0.25, 0.3) is 0 Å². The average Bonchev–Trinajstić information content (AvgIpc) is 3.27. The van der Waals surface area contributed by atoms with Crippen LogP contribution >= 0.6 is 11.8 Å². The lowest BCUT2D eigenvalue weighted by atomic mass is 10.0.